The normalized spacial score (nSPS) is 15.8. The number of pyridine rings is 1. The molecule has 5 nitrogen and oxygen atoms in total. The summed E-state index contributed by atoms with van der Waals surface area (Å²) in [4.78, 5) is 18.5. The molecule has 1 aliphatic rings. The van der Waals surface area contributed by atoms with Gasteiger partial charge in [0.1, 0.15) is 0 Å². The van der Waals surface area contributed by atoms with E-state index in [1.807, 2.05) is 41.9 Å². The van der Waals surface area contributed by atoms with Gasteiger partial charge in [0.25, 0.3) is 0 Å². The second-order valence-electron chi connectivity index (χ2n) is 6.34. The third kappa shape index (κ3) is 3.78. The van der Waals surface area contributed by atoms with Gasteiger partial charge in [0.15, 0.2) is 0 Å². The summed E-state index contributed by atoms with van der Waals surface area (Å²) in [7, 11) is 0. The average Bonchev–Trinajstić information content (AvgIpc) is 2.91. The molecule has 5 heteroatoms. The second-order valence-corrected chi connectivity index (χ2v) is 6.34. The molecule has 122 valence electrons. The fraction of sp³-hybridized carbons (Fsp3) is 0.500. The fourth-order valence-corrected chi connectivity index (χ4v) is 3.36. The molecular weight excluding hydrogens is 288 g/mol. The van der Waals surface area contributed by atoms with Gasteiger partial charge in [0, 0.05) is 44.1 Å². The van der Waals surface area contributed by atoms with Crippen molar-refractivity contribution in [3.8, 4) is 0 Å². The molecule has 0 aliphatic carbocycles. The Morgan fingerprint density at radius 1 is 1.22 bits per heavy atom. The van der Waals surface area contributed by atoms with Crippen molar-refractivity contribution in [3.63, 3.8) is 0 Å². The number of likely N-dealkylation sites (tertiary alicyclic amines) is 1. The van der Waals surface area contributed by atoms with Crippen LogP contribution in [-0.4, -0.2) is 38.7 Å². The molecular formula is C18H24N4O. The van der Waals surface area contributed by atoms with Crippen LogP contribution in [-0.2, 0) is 11.3 Å². The van der Waals surface area contributed by atoms with Gasteiger partial charge in [-0.3, -0.25) is 14.5 Å². The van der Waals surface area contributed by atoms with Gasteiger partial charge < -0.3 is 4.90 Å². The maximum atomic E-state index is 12.4. The van der Waals surface area contributed by atoms with Gasteiger partial charge in [-0.25, -0.2) is 0 Å². The Hall–Kier alpha value is -2.17. The molecule has 0 unspecified atom stereocenters. The first kappa shape index (κ1) is 15.7. The Labute approximate surface area is 137 Å². The summed E-state index contributed by atoms with van der Waals surface area (Å²) in [5, 5.41) is 4.42. The number of carbonyl (C=O) groups excluding carboxylic acids is 1. The van der Waals surface area contributed by atoms with Gasteiger partial charge in [-0.05, 0) is 56.4 Å². The predicted octanol–water partition coefficient (Wildman–Crippen LogP) is 2.69. The lowest BCUT2D eigenvalue weighted by molar-refractivity contribution is -0.132. The number of piperidine rings is 1. The lowest BCUT2D eigenvalue weighted by Gasteiger charge is -2.32. The van der Waals surface area contributed by atoms with E-state index in [1.165, 1.54) is 5.56 Å². The largest absolute Gasteiger partial charge is 0.343 e. The minimum Gasteiger partial charge on any atom is -0.343 e. The Bertz CT molecular complexity index is 657. The minimum atomic E-state index is 0.241. The van der Waals surface area contributed by atoms with E-state index in [4.69, 9.17) is 0 Å². The van der Waals surface area contributed by atoms with Crippen LogP contribution in [0.4, 0.5) is 0 Å². The van der Waals surface area contributed by atoms with Crippen LogP contribution in [0.1, 0.15) is 42.1 Å². The molecule has 1 saturated heterocycles. The lowest BCUT2D eigenvalue weighted by Crippen LogP contribution is -2.38. The van der Waals surface area contributed by atoms with Gasteiger partial charge in [-0.2, -0.15) is 5.10 Å². The Morgan fingerprint density at radius 3 is 2.52 bits per heavy atom. The number of aryl methyl sites for hydroxylation is 3. The molecule has 3 rings (SSSR count). The van der Waals surface area contributed by atoms with Crippen LogP contribution in [0, 0.1) is 13.8 Å². The molecule has 2 aromatic heterocycles. The zero-order valence-electron chi connectivity index (χ0n) is 13.9. The van der Waals surface area contributed by atoms with Crippen molar-refractivity contribution in [2.24, 2.45) is 0 Å². The summed E-state index contributed by atoms with van der Waals surface area (Å²) < 4.78 is 1.93. The van der Waals surface area contributed by atoms with Gasteiger partial charge >= 0.3 is 0 Å². The van der Waals surface area contributed by atoms with Gasteiger partial charge in [-0.15, -0.1) is 0 Å². The highest BCUT2D eigenvalue weighted by atomic mass is 16.2. The second kappa shape index (κ2) is 6.94. The number of hydrogen-bond donors (Lipinski definition) is 0. The summed E-state index contributed by atoms with van der Waals surface area (Å²) in [5.41, 5.74) is 3.47. The molecule has 2 aromatic rings. The third-order valence-corrected chi connectivity index (χ3v) is 4.67. The number of aromatic nitrogens is 3. The van der Waals surface area contributed by atoms with Crippen LogP contribution in [0.2, 0.25) is 0 Å². The maximum Gasteiger partial charge on any atom is 0.224 e. The van der Waals surface area contributed by atoms with Crippen molar-refractivity contribution in [2.45, 2.75) is 45.6 Å². The number of amides is 1. The molecule has 0 atom stereocenters. The van der Waals surface area contributed by atoms with Crippen molar-refractivity contribution < 1.29 is 4.79 Å². The van der Waals surface area contributed by atoms with Gasteiger partial charge in [0.05, 0.1) is 5.69 Å². The molecule has 23 heavy (non-hydrogen) atoms. The van der Waals surface area contributed by atoms with Gasteiger partial charge in [-0.1, -0.05) is 0 Å². The molecule has 1 aliphatic heterocycles. The van der Waals surface area contributed by atoms with Crippen molar-refractivity contribution >= 4 is 5.91 Å². The number of nitrogens with zero attached hydrogens (tertiary/aromatic N) is 4. The van der Waals surface area contributed by atoms with E-state index in [0.29, 0.717) is 18.9 Å². The van der Waals surface area contributed by atoms with Gasteiger partial charge in [0.2, 0.25) is 5.91 Å². The highest BCUT2D eigenvalue weighted by molar-refractivity contribution is 5.76. The van der Waals surface area contributed by atoms with Crippen molar-refractivity contribution in [1.82, 2.24) is 19.7 Å². The summed E-state index contributed by atoms with van der Waals surface area (Å²) in [6.45, 7) is 6.38. The highest BCUT2D eigenvalue weighted by Gasteiger charge is 2.23. The summed E-state index contributed by atoms with van der Waals surface area (Å²) in [6.07, 6.45) is 6.30. The molecule has 0 N–H and O–H groups in total. The number of hydrogen-bond acceptors (Lipinski definition) is 3. The Kier molecular flexibility index (Phi) is 4.74. The third-order valence-electron chi connectivity index (χ3n) is 4.67. The van der Waals surface area contributed by atoms with Crippen LogP contribution in [0.3, 0.4) is 0 Å². The molecule has 0 aromatic carbocycles. The summed E-state index contributed by atoms with van der Waals surface area (Å²) >= 11 is 0. The highest BCUT2D eigenvalue weighted by Crippen LogP contribution is 2.27. The molecule has 1 fully saturated rings. The molecule has 3 heterocycles. The Morgan fingerprint density at radius 2 is 1.91 bits per heavy atom. The van der Waals surface area contributed by atoms with Crippen LogP contribution in [0.25, 0.3) is 0 Å². The summed E-state index contributed by atoms with van der Waals surface area (Å²) in [6, 6.07) is 6.22. The molecule has 0 saturated carbocycles. The van der Waals surface area contributed by atoms with Crippen molar-refractivity contribution in [1.29, 1.82) is 0 Å². The molecule has 0 bridgehead atoms. The van der Waals surface area contributed by atoms with E-state index >= 15 is 0 Å². The van der Waals surface area contributed by atoms with Crippen LogP contribution < -0.4 is 0 Å². The first-order valence-corrected chi connectivity index (χ1v) is 8.32. The minimum absolute atomic E-state index is 0.241. The smallest absolute Gasteiger partial charge is 0.224 e. The summed E-state index contributed by atoms with van der Waals surface area (Å²) in [5.74, 6) is 0.795. The van der Waals surface area contributed by atoms with Crippen molar-refractivity contribution in [3.05, 3.63) is 47.5 Å². The first-order chi connectivity index (χ1) is 11.1. The molecule has 1 amide bonds. The van der Waals surface area contributed by atoms with Crippen LogP contribution >= 0.6 is 0 Å². The quantitative estimate of drug-likeness (QED) is 0.872. The van der Waals surface area contributed by atoms with E-state index in [9.17, 15) is 4.79 Å². The fourth-order valence-electron chi connectivity index (χ4n) is 3.36. The predicted molar refractivity (Wildman–Crippen MR) is 89.1 cm³/mol. The molecule has 0 radical (unpaired) electrons. The maximum absolute atomic E-state index is 12.4. The van der Waals surface area contributed by atoms with E-state index in [2.05, 4.69) is 22.2 Å². The number of rotatable bonds is 4. The van der Waals surface area contributed by atoms with Crippen LogP contribution in [0.15, 0.2) is 30.6 Å². The zero-order valence-corrected chi connectivity index (χ0v) is 13.9. The lowest BCUT2D eigenvalue weighted by atomic mass is 9.90. The standard InChI is InChI=1S/C18H24N4O/c1-14-13-15(2)22(20-14)12-7-18(23)21-10-5-17(6-11-21)16-3-8-19-9-4-16/h3-4,8-9,13,17H,5-7,10-12H2,1-2H3. The van der Waals surface area contributed by atoms with E-state index in [0.717, 1.165) is 37.3 Å². The van der Waals surface area contributed by atoms with E-state index in [1.54, 1.807) is 0 Å². The Balaban J connectivity index is 1.49. The zero-order chi connectivity index (χ0) is 16.2. The van der Waals surface area contributed by atoms with E-state index < -0.39 is 0 Å². The topological polar surface area (TPSA) is 51.0 Å². The van der Waals surface area contributed by atoms with Crippen molar-refractivity contribution in [2.75, 3.05) is 13.1 Å². The van der Waals surface area contributed by atoms with Crippen LogP contribution in [0.5, 0.6) is 0 Å². The molecule has 0 spiro atoms. The SMILES string of the molecule is Cc1cc(C)n(CCC(=O)N2CCC(c3ccncc3)CC2)n1. The first-order valence-electron chi connectivity index (χ1n) is 8.32. The average molecular weight is 312 g/mol. The monoisotopic (exact) mass is 312 g/mol. The number of carbonyl (C=O) groups is 1. The van der Waals surface area contributed by atoms with E-state index in [-0.39, 0.29) is 5.91 Å².